The van der Waals surface area contributed by atoms with E-state index in [9.17, 15) is 0 Å². The van der Waals surface area contributed by atoms with E-state index >= 15 is 0 Å². The first kappa shape index (κ1) is 36.7. The van der Waals surface area contributed by atoms with Gasteiger partial charge in [-0.05, 0) is 66.6 Å². The third kappa shape index (κ3) is 16.4. The van der Waals surface area contributed by atoms with Gasteiger partial charge in [-0.15, -0.1) is 11.3 Å². The van der Waals surface area contributed by atoms with E-state index in [0.29, 0.717) is 0 Å². The summed E-state index contributed by atoms with van der Waals surface area (Å²) in [7, 11) is 0. The minimum Gasteiger partial charge on any atom is -0.388 e. The second kappa shape index (κ2) is 24.9. The Hall–Kier alpha value is -1.48. The highest BCUT2D eigenvalue weighted by Crippen LogP contribution is 2.30. The van der Waals surface area contributed by atoms with Gasteiger partial charge < -0.3 is 10.2 Å². The summed E-state index contributed by atoms with van der Waals surface area (Å²) in [6, 6.07) is 7.07. The number of nitrogens with zero attached hydrogens (tertiary/aromatic N) is 1. The Morgan fingerprint density at radius 2 is 1.17 bits per heavy atom. The van der Waals surface area contributed by atoms with Crippen molar-refractivity contribution < 1.29 is 0 Å². The first-order valence-electron chi connectivity index (χ1n) is 18.4. The zero-order valence-electron chi connectivity index (χ0n) is 28.3. The average molecular weight is 597 g/mol. The van der Waals surface area contributed by atoms with Crippen molar-refractivity contribution in [3.05, 3.63) is 41.4 Å². The van der Waals surface area contributed by atoms with Crippen molar-refractivity contribution in [1.82, 2.24) is 5.32 Å². The highest BCUT2D eigenvalue weighted by atomic mass is 32.1. The number of fused-ring (bicyclic) bond motifs is 1. The van der Waals surface area contributed by atoms with Crippen LogP contribution in [-0.2, 0) is 6.42 Å². The van der Waals surface area contributed by atoms with Crippen molar-refractivity contribution in [2.45, 2.75) is 168 Å². The number of rotatable bonds is 29. The van der Waals surface area contributed by atoms with E-state index in [4.69, 9.17) is 0 Å². The lowest BCUT2D eigenvalue weighted by Gasteiger charge is -2.24. The van der Waals surface area contributed by atoms with Crippen LogP contribution in [0.2, 0.25) is 0 Å². The van der Waals surface area contributed by atoms with Crippen LogP contribution in [-0.4, -0.2) is 19.6 Å². The fourth-order valence-electron chi connectivity index (χ4n) is 6.25. The number of hydrogen-bond acceptors (Lipinski definition) is 3. The van der Waals surface area contributed by atoms with E-state index in [1.807, 2.05) is 11.3 Å². The second-order valence-corrected chi connectivity index (χ2v) is 13.7. The van der Waals surface area contributed by atoms with Gasteiger partial charge in [0, 0.05) is 35.7 Å². The molecule has 0 spiro atoms. The Morgan fingerprint density at radius 1 is 0.667 bits per heavy atom. The van der Waals surface area contributed by atoms with Crippen LogP contribution >= 0.6 is 11.3 Å². The van der Waals surface area contributed by atoms with E-state index in [2.05, 4.69) is 61.1 Å². The molecule has 3 heteroatoms. The molecule has 2 rings (SSSR count). The molecule has 1 aromatic heterocycles. The number of thiophene rings is 1. The fraction of sp³-hybridized carbons (Fsp3) is 0.744. The van der Waals surface area contributed by atoms with Crippen LogP contribution in [0.5, 0.6) is 0 Å². The molecule has 0 aliphatic rings. The van der Waals surface area contributed by atoms with Crippen molar-refractivity contribution in [1.29, 1.82) is 0 Å². The first-order chi connectivity index (χ1) is 20.7. The molecule has 0 aliphatic carbocycles. The van der Waals surface area contributed by atoms with Crippen molar-refractivity contribution in [2.24, 2.45) is 0 Å². The van der Waals surface area contributed by atoms with Gasteiger partial charge in [0.2, 0.25) is 0 Å². The van der Waals surface area contributed by atoms with Crippen LogP contribution in [0.15, 0.2) is 35.9 Å². The Morgan fingerprint density at radius 3 is 1.67 bits per heavy atom. The highest BCUT2D eigenvalue weighted by Gasteiger charge is 2.09. The fourth-order valence-corrected chi connectivity index (χ4v) is 7.23. The summed E-state index contributed by atoms with van der Waals surface area (Å²) in [5.41, 5.74) is 4.08. The van der Waals surface area contributed by atoms with Crippen LogP contribution in [0, 0.1) is 0 Å². The lowest BCUT2D eigenvalue weighted by atomic mass is 10.0. The maximum Gasteiger partial charge on any atom is 0.0373 e. The summed E-state index contributed by atoms with van der Waals surface area (Å²) in [4.78, 5) is 2.54. The molecule has 0 radical (unpaired) electrons. The Kier molecular flexibility index (Phi) is 21.8. The molecular formula is C39H68N2S. The number of allylic oxidation sites excluding steroid dienone is 1. The summed E-state index contributed by atoms with van der Waals surface area (Å²) >= 11 is 1.89. The molecular weight excluding hydrogens is 529 g/mol. The van der Waals surface area contributed by atoms with Crippen molar-refractivity contribution in [3.63, 3.8) is 0 Å². The molecule has 2 aromatic rings. The predicted molar refractivity (Wildman–Crippen MR) is 193 cm³/mol. The van der Waals surface area contributed by atoms with Crippen LogP contribution in [0.25, 0.3) is 10.1 Å². The molecule has 0 saturated heterocycles. The monoisotopic (exact) mass is 597 g/mol. The molecule has 0 bridgehead atoms. The standard InChI is InChI=1S/C39H68N2S/c1-5-8-9-10-11-12-13-14-15-16-17-18-19-20-21-22-23-24-25-26-35(4)40-30-29-36-34-42-39-28-27-37(33-38(36)39)41(31-6-2)32-7-3/h27-28,33-34,40H,4-26,29-32H2,1-3H3. The summed E-state index contributed by atoms with van der Waals surface area (Å²) in [5.74, 6) is 0. The summed E-state index contributed by atoms with van der Waals surface area (Å²) in [6.07, 6.45) is 31.8. The minimum absolute atomic E-state index is 0.988. The van der Waals surface area contributed by atoms with E-state index in [-0.39, 0.29) is 0 Å². The van der Waals surface area contributed by atoms with E-state index in [0.717, 1.165) is 32.5 Å². The molecule has 0 atom stereocenters. The number of benzene rings is 1. The highest BCUT2D eigenvalue weighted by molar-refractivity contribution is 7.17. The van der Waals surface area contributed by atoms with E-state index in [1.54, 1.807) is 0 Å². The Bertz CT molecular complexity index is 910. The van der Waals surface area contributed by atoms with Crippen LogP contribution in [0.3, 0.4) is 0 Å². The number of nitrogens with one attached hydrogen (secondary N) is 1. The van der Waals surface area contributed by atoms with Gasteiger partial charge in [0.05, 0.1) is 0 Å². The van der Waals surface area contributed by atoms with Crippen LogP contribution < -0.4 is 10.2 Å². The van der Waals surface area contributed by atoms with Gasteiger partial charge in [-0.3, -0.25) is 0 Å². The second-order valence-electron chi connectivity index (χ2n) is 12.8. The predicted octanol–water partition coefficient (Wildman–Crippen LogP) is 13.0. The third-order valence-corrected chi connectivity index (χ3v) is 9.85. The molecule has 0 amide bonds. The summed E-state index contributed by atoms with van der Waals surface area (Å²) < 4.78 is 1.41. The molecule has 240 valence electrons. The van der Waals surface area contributed by atoms with Gasteiger partial charge >= 0.3 is 0 Å². The van der Waals surface area contributed by atoms with Crippen molar-refractivity contribution in [3.8, 4) is 0 Å². The zero-order chi connectivity index (χ0) is 30.1. The van der Waals surface area contributed by atoms with Gasteiger partial charge in [0.15, 0.2) is 0 Å². The largest absolute Gasteiger partial charge is 0.388 e. The molecule has 1 aromatic carbocycles. The Balaban J connectivity index is 1.43. The van der Waals surface area contributed by atoms with E-state index < -0.39 is 0 Å². The van der Waals surface area contributed by atoms with Gasteiger partial charge in [-0.25, -0.2) is 0 Å². The maximum absolute atomic E-state index is 4.32. The van der Waals surface area contributed by atoms with Crippen molar-refractivity contribution in [2.75, 3.05) is 24.5 Å². The SMILES string of the molecule is C=C(CCCCCCCCCCCCCCCCCCCCC)NCCc1csc2ccc(N(CCC)CCC)cc12. The summed E-state index contributed by atoms with van der Waals surface area (Å²) in [6.45, 7) is 14.4. The molecule has 42 heavy (non-hydrogen) atoms. The van der Waals surface area contributed by atoms with Gasteiger partial charge in [0.1, 0.15) is 0 Å². The van der Waals surface area contributed by atoms with Gasteiger partial charge in [-0.1, -0.05) is 143 Å². The lowest BCUT2D eigenvalue weighted by Crippen LogP contribution is -2.24. The maximum atomic E-state index is 4.32. The van der Waals surface area contributed by atoms with Gasteiger partial charge in [-0.2, -0.15) is 0 Å². The molecule has 0 saturated carbocycles. The molecule has 0 fully saturated rings. The number of unbranched alkanes of at least 4 members (excludes halogenated alkanes) is 18. The van der Waals surface area contributed by atoms with Gasteiger partial charge in [0.25, 0.3) is 0 Å². The topological polar surface area (TPSA) is 15.3 Å². The lowest BCUT2D eigenvalue weighted by molar-refractivity contribution is 0.522. The minimum atomic E-state index is 0.988. The molecule has 0 aliphatic heterocycles. The normalized spacial score (nSPS) is 11.4. The smallest absolute Gasteiger partial charge is 0.0373 e. The summed E-state index contributed by atoms with van der Waals surface area (Å²) in [5, 5.41) is 7.43. The number of anilines is 1. The quantitative estimate of drug-likeness (QED) is 0.0940. The zero-order valence-corrected chi connectivity index (χ0v) is 29.1. The van der Waals surface area contributed by atoms with Crippen LogP contribution in [0.4, 0.5) is 5.69 Å². The molecule has 2 nitrogen and oxygen atoms in total. The average Bonchev–Trinajstić information content (AvgIpc) is 3.40. The Labute approximate surface area is 266 Å². The molecule has 1 N–H and O–H groups in total. The van der Waals surface area contributed by atoms with Crippen molar-refractivity contribution >= 4 is 27.1 Å². The van der Waals surface area contributed by atoms with E-state index in [1.165, 1.54) is 162 Å². The molecule has 1 heterocycles. The first-order valence-corrected chi connectivity index (χ1v) is 19.2. The van der Waals surface area contributed by atoms with Crippen LogP contribution in [0.1, 0.15) is 168 Å². The third-order valence-electron chi connectivity index (χ3n) is 8.84. The molecule has 0 unspecified atom stereocenters. The number of hydrogen-bond donors (Lipinski definition) is 1.